The Labute approximate surface area is 129 Å². The number of nitrogens with one attached hydrogen (secondary N) is 1. The molecule has 21 heavy (non-hydrogen) atoms. The second-order valence-electron chi connectivity index (χ2n) is 4.73. The van der Waals surface area contributed by atoms with Gasteiger partial charge in [-0.05, 0) is 42.9 Å². The van der Waals surface area contributed by atoms with Crippen molar-refractivity contribution in [3.8, 4) is 0 Å². The van der Waals surface area contributed by atoms with Crippen molar-refractivity contribution in [2.24, 2.45) is 0 Å². The van der Waals surface area contributed by atoms with Gasteiger partial charge in [0.2, 0.25) is 0 Å². The van der Waals surface area contributed by atoms with Crippen molar-refractivity contribution in [2.45, 2.75) is 26.3 Å². The summed E-state index contributed by atoms with van der Waals surface area (Å²) in [4.78, 5) is 22.9. The van der Waals surface area contributed by atoms with Crippen LogP contribution in [0.3, 0.4) is 0 Å². The number of aliphatic carboxylic acids is 1. The average molecular weight is 307 g/mol. The molecule has 1 rings (SSSR count). The first kappa shape index (κ1) is 17.3. The molecule has 0 saturated carbocycles. The maximum absolute atomic E-state index is 12.3. The summed E-state index contributed by atoms with van der Waals surface area (Å²) < 4.78 is 0. The van der Waals surface area contributed by atoms with Crippen LogP contribution in [0.1, 0.15) is 34.8 Å². The third-order valence-electron chi connectivity index (χ3n) is 3.22. The van der Waals surface area contributed by atoms with Crippen LogP contribution in [0, 0.1) is 6.92 Å². The molecule has 0 aliphatic carbocycles. The average Bonchev–Trinajstić information content (AvgIpc) is 2.45. The zero-order valence-electron chi connectivity index (χ0n) is 12.6. The van der Waals surface area contributed by atoms with E-state index < -0.39 is 5.97 Å². The van der Waals surface area contributed by atoms with Crippen LogP contribution in [0.4, 0.5) is 0 Å². The van der Waals surface area contributed by atoms with Crippen molar-refractivity contribution in [3.05, 3.63) is 41.0 Å². The third-order valence-corrected chi connectivity index (χ3v) is 3.96. The molecule has 4 nitrogen and oxygen atoms in total. The van der Waals surface area contributed by atoms with E-state index in [1.165, 1.54) is 6.08 Å². The van der Waals surface area contributed by atoms with E-state index in [-0.39, 0.29) is 11.9 Å². The number of hydrogen-bond donors (Lipinski definition) is 2. The van der Waals surface area contributed by atoms with Crippen molar-refractivity contribution in [1.82, 2.24) is 5.32 Å². The molecule has 0 heterocycles. The Bertz CT molecular complexity index is 540. The van der Waals surface area contributed by atoms with E-state index in [2.05, 4.69) is 5.32 Å². The van der Waals surface area contributed by atoms with Crippen molar-refractivity contribution in [1.29, 1.82) is 0 Å². The van der Waals surface area contributed by atoms with E-state index in [9.17, 15) is 9.59 Å². The van der Waals surface area contributed by atoms with Crippen LogP contribution in [-0.2, 0) is 4.79 Å². The number of amides is 1. The lowest BCUT2D eigenvalue weighted by atomic mass is 10.0. The molecule has 0 fully saturated rings. The first-order chi connectivity index (χ1) is 9.99. The summed E-state index contributed by atoms with van der Waals surface area (Å²) in [5, 5.41) is 11.7. The van der Waals surface area contributed by atoms with Crippen molar-refractivity contribution in [3.63, 3.8) is 0 Å². The van der Waals surface area contributed by atoms with Gasteiger partial charge in [-0.15, -0.1) is 0 Å². The largest absolute Gasteiger partial charge is 0.478 e. The third kappa shape index (κ3) is 5.27. The molecule has 1 aromatic rings. The zero-order chi connectivity index (χ0) is 15.8. The zero-order valence-corrected chi connectivity index (χ0v) is 13.4. The molecule has 0 radical (unpaired) electrons. The molecular weight excluding hydrogens is 286 g/mol. The minimum absolute atomic E-state index is 0.112. The minimum atomic E-state index is -1.00. The lowest BCUT2D eigenvalue weighted by Gasteiger charge is -2.17. The van der Waals surface area contributed by atoms with Crippen LogP contribution in [0.15, 0.2) is 24.3 Å². The van der Waals surface area contributed by atoms with E-state index in [4.69, 9.17) is 5.11 Å². The maximum Gasteiger partial charge on any atom is 0.328 e. The van der Waals surface area contributed by atoms with Crippen LogP contribution >= 0.6 is 11.8 Å². The molecule has 1 atom stereocenters. The smallest absolute Gasteiger partial charge is 0.328 e. The molecule has 1 unspecified atom stereocenters. The summed E-state index contributed by atoms with van der Waals surface area (Å²) in [6.45, 7) is 3.87. The lowest BCUT2D eigenvalue weighted by molar-refractivity contribution is -0.131. The number of carboxylic acids is 1. The number of rotatable bonds is 7. The summed E-state index contributed by atoms with van der Waals surface area (Å²) in [6.07, 6.45) is 5.47. The second kappa shape index (κ2) is 8.52. The molecular formula is C16H21NO3S. The molecule has 1 amide bonds. The highest BCUT2D eigenvalue weighted by atomic mass is 32.2. The molecule has 0 bridgehead atoms. The SMILES string of the molecule is CCC(CSC)NC(=O)c1cccc(/C=C/C(=O)O)c1C. The van der Waals surface area contributed by atoms with Gasteiger partial charge in [0.15, 0.2) is 0 Å². The topological polar surface area (TPSA) is 66.4 Å². The maximum atomic E-state index is 12.3. The molecule has 0 aliphatic heterocycles. The van der Waals surface area contributed by atoms with E-state index in [0.29, 0.717) is 5.56 Å². The van der Waals surface area contributed by atoms with Gasteiger partial charge in [0.1, 0.15) is 0 Å². The Morgan fingerprint density at radius 2 is 2.14 bits per heavy atom. The summed E-state index contributed by atoms with van der Waals surface area (Å²) in [6, 6.07) is 5.46. The number of benzene rings is 1. The number of carbonyl (C=O) groups is 2. The van der Waals surface area contributed by atoms with Crippen molar-refractivity contribution >= 4 is 29.7 Å². The predicted molar refractivity (Wildman–Crippen MR) is 87.8 cm³/mol. The molecule has 0 spiro atoms. The van der Waals surface area contributed by atoms with Crippen LogP contribution in [0.25, 0.3) is 6.08 Å². The van der Waals surface area contributed by atoms with Crippen LogP contribution in [0.2, 0.25) is 0 Å². The second-order valence-corrected chi connectivity index (χ2v) is 5.64. The molecule has 1 aromatic carbocycles. The summed E-state index contributed by atoms with van der Waals surface area (Å²) >= 11 is 1.70. The summed E-state index contributed by atoms with van der Waals surface area (Å²) in [5.41, 5.74) is 2.11. The van der Waals surface area contributed by atoms with Crippen LogP contribution in [0.5, 0.6) is 0 Å². The van der Waals surface area contributed by atoms with Crippen molar-refractivity contribution in [2.75, 3.05) is 12.0 Å². The highest BCUT2D eigenvalue weighted by Crippen LogP contribution is 2.16. The number of carboxylic acid groups (broad SMARTS) is 1. The first-order valence-electron chi connectivity index (χ1n) is 6.80. The highest BCUT2D eigenvalue weighted by Gasteiger charge is 2.14. The van der Waals surface area contributed by atoms with Gasteiger partial charge in [-0.25, -0.2) is 4.79 Å². The lowest BCUT2D eigenvalue weighted by Crippen LogP contribution is -2.36. The van der Waals surface area contributed by atoms with Gasteiger partial charge in [0.05, 0.1) is 0 Å². The molecule has 0 saturated heterocycles. The Hall–Kier alpha value is -1.75. The van der Waals surface area contributed by atoms with E-state index in [1.807, 2.05) is 20.1 Å². The van der Waals surface area contributed by atoms with Gasteiger partial charge in [-0.3, -0.25) is 4.79 Å². The van der Waals surface area contributed by atoms with Crippen molar-refractivity contribution < 1.29 is 14.7 Å². The highest BCUT2D eigenvalue weighted by molar-refractivity contribution is 7.98. The van der Waals surface area contributed by atoms with Gasteiger partial charge < -0.3 is 10.4 Å². The van der Waals surface area contributed by atoms with E-state index in [0.717, 1.165) is 29.4 Å². The fourth-order valence-corrected chi connectivity index (χ4v) is 2.69. The van der Waals surface area contributed by atoms with E-state index >= 15 is 0 Å². The fraction of sp³-hybridized carbons (Fsp3) is 0.375. The number of carbonyl (C=O) groups excluding carboxylic acids is 1. The van der Waals surface area contributed by atoms with Gasteiger partial charge in [-0.2, -0.15) is 11.8 Å². The van der Waals surface area contributed by atoms with Crippen LogP contribution < -0.4 is 5.32 Å². The van der Waals surface area contributed by atoms with Crippen LogP contribution in [-0.4, -0.2) is 35.0 Å². The molecule has 0 aliphatic rings. The quantitative estimate of drug-likeness (QED) is 0.760. The van der Waals surface area contributed by atoms with Gasteiger partial charge in [0.25, 0.3) is 5.91 Å². The standard InChI is InChI=1S/C16H21NO3S/c1-4-13(10-21-3)17-16(20)14-7-5-6-12(11(14)2)8-9-15(18)19/h5-9,13H,4,10H2,1-3H3,(H,17,20)(H,18,19)/b9-8+. The number of hydrogen-bond acceptors (Lipinski definition) is 3. The Morgan fingerprint density at radius 3 is 2.71 bits per heavy atom. The Morgan fingerprint density at radius 1 is 1.43 bits per heavy atom. The van der Waals surface area contributed by atoms with Gasteiger partial charge >= 0.3 is 5.97 Å². The summed E-state index contributed by atoms with van der Waals surface area (Å²) in [5.74, 6) is -0.242. The molecule has 5 heteroatoms. The Balaban J connectivity index is 2.95. The fourth-order valence-electron chi connectivity index (χ4n) is 1.97. The normalized spacial score (nSPS) is 12.3. The van der Waals surface area contributed by atoms with Gasteiger partial charge in [0, 0.05) is 23.4 Å². The first-order valence-corrected chi connectivity index (χ1v) is 8.19. The number of thioether (sulfide) groups is 1. The molecule has 114 valence electrons. The monoisotopic (exact) mass is 307 g/mol. The Kier molecular flexibility index (Phi) is 7.02. The molecule has 0 aromatic heterocycles. The minimum Gasteiger partial charge on any atom is -0.478 e. The molecule has 2 N–H and O–H groups in total. The van der Waals surface area contributed by atoms with Gasteiger partial charge in [-0.1, -0.05) is 19.1 Å². The predicted octanol–water partition coefficient (Wildman–Crippen LogP) is 2.96. The summed E-state index contributed by atoms with van der Waals surface area (Å²) in [7, 11) is 0. The van der Waals surface area contributed by atoms with E-state index in [1.54, 1.807) is 30.0 Å².